The van der Waals surface area contributed by atoms with Gasteiger partial charge in [-0.1, -0.05) is 12.1 Å². The third-order valence-corrected chi connectivity index (χ3v) is 6.31. The van der Waals surface area contributed by atoms with Crippen molar-refractivity contribution < 1.29 is 19.1 Å². The molecule has 0 saturated carbocycles. The Hall–Kier alpha value is -4.07. The van der Waals surface area contributed by atoms with Crippen molar-refractivity contribution in [1.29, 1.82) is 0 Å². The van der Waals surface area contributed by atoms with Gasteiger partial charge in [0.2, 0.25) is 11.8 Å². The van der Waals surface area contributed by atoms with E-state index in [-0.39, 0.29) is 19.4 Å². The number of amides is 4. The number of imide groups is 2. The van der Waals surface area contributed by atoms with Gasteiger partial charge in [-0.2, -0.15) is 0 Å². The van der Waals surface area contributed by atoms with Gasteiger partial charge in [0.25, 0.3) is 0 Å². The Kier molecular flexibility index (Phi) is 7.50. The summed E-state index contributed by atoms with van der Waals surface area (Å²) in [5.41, 5.74) is 1.34. The number of aryl methyl sites for hydroxylation is 2. The summed E-state index contributed by atoms with van der Waals surface area (Å²) in [6, 6.07) is 14.0. The number of nitrogens with one attached hydrogen (secondary N) is 1. The molecule has 1 fully saturated rings. The number of barbiturate groups is 1. The van der Waals surface area contributed by atoms with Crippen molar-refractivity contribution in [2.24, 2.45) is 5.41 Å². The van der Waals surface area contributed by atoms with Crippen LogP contribution in [-0.4, -0.2) is 39.3 Å². The van der Waals surface area contributed by atoms with Crippen LogP contribution in [0.4, 0.5) is 4.79 Å². The lowest BCUT2D eigenvalue weighted by molar-refractivity contribution is -0.153. The van der Waals surface area contributed by atoms with E-state index in [2.05, 4.69) is 15.3 Å². The molecule has 0 atom stereocenters. The highest BCUT2D eigenvalue weighted by molar-refractivity contribution is 6.19. The van der Waals surface area contributed by atoms with Crippen LogP contribution >= 0.6 is 0 Å². The van der Waals surface area contributed by atoms with E-state index in [9.17, 15) is 14.4 Å². The molecule has 180 valence electrons. The summed E-state index contributed by atoms with van der Waals surface area (Å²) in [5, 5.41) is 2.45. The van der Waals surface area contributed by atoms with E-state index in [0.717, 1.165) is 21.6 Å². The third kappa shape index (κ3) is 5.54. The number of rotatable bonds is 10. The van der Waals surface area contributed by atoms with Gasteiger partial charge in [0, 0.05) is 24.8 Å². The maximum absolute atomic E-state index is 13.9. The smallest absolute Gasteiger partial charge is 0.331 e. The lowest BCUT2D eigenvalue weighted by Gasteiger charge is -2.39. The number of carbonyl (C=O) groups is 3. The van der Waals surface area contributed by atoms with Gasteiger partial charge in [0.05, 0.1) is 13.2 Å². The minimum atomic E-state index is -1.37. The highest BCUT2D eigenvalue weighted by Crippen LogP contribution is 2.36. The third-order valence-electron chi connectivity index (χ3n) is 6.31. The second-order valence-electron chi connectivity index (χ2n) is 8.52. The molecule has 8 heteroatoms. The number of carbonyl (C=O) groups excluding carboxylic acids is 3. The maximum Gasteiger partial charge on any atom is 0.331 e. The number of nitrogens with zero attached hydrogens (tertiary/aromatic N) is 3. The van der Waals surface area contributed by atoms with Crippen LogP contribution in [0, 0.1) is 5.41 Å². The number of benzene rings is 1. The second-order valence-corrected chi connectivity index (χ2v) is 8.52. The molecular formula is C27H28N4O4. The lowest BCUT2D eigenvalue weighted by atomic mass is 9.74. The molecule has 0 spiro atoms. The van der Waals surface area contributed by atoms with Crippen LogP contribution in [0.5, 0.6) is 5.75 Å². The molecule has 1 aliphatic rings. The highest BCUT2D eigenvalue weighted by Gasteiger charge is 2.52. The molecule has 1 aromatic carbocycles. The number of urea groups is 1. The normalized spacial score (nSPS) is 15.1. The van der Waals surface area contributed by atoms with E-state index < -0.39 is 23.3 Å². The molecule has 8 nitrogen and oxygen atoms in total. The molecule has 3 heterocycles. The fraction of sp³-hybridized carbons (Fsp3) is 0.296. The lowest BCUT2D eigenvalue weighted by Crippen LogP contribution is -2.63. The van der Waals surface area contributed by atoms with Crippen molar-refractivity contribution in [3.05, 3.63) is 90.0 Å². The summed E-state index contributed by atoms with van der Waals surface area (Å²) in [5.74, 6) is -0.299. The standard InChI is InChI=1S/C27H28N4O4/c1-2-35-23-5-3-22(4-6-23)19-31-25(33)27(24(32)30-26(31)34,13-7-20-9-15-28-16-10-20)14-8-21-11-17-29-18-12-21/h3-6,9-12,15-18H,2,7-8,13-14,19H2,1H3,(H,30,32,34). The quantitative estimate of drug-likeness (QED) is 0.452. The minimum absolute atomic E-state index is 0.0661. The zero-order chi connectivity index (χ0) is 24.7. The molecular weight excluding hydrogens is 444 g/mol. The summed E-state index contributed by atoms with van der Waals surface area (Å²) in [7, 11) is 0. The van der Waals surface area contributed by atoms with E-state index in [1.807, 2.05) is 43.3 Å². The van der Waals surface area contributed by atoms with Gasteiger partial charge in [0.1, 0.15) is 11.2 Å². The van der Waals surface area contributed by atoms with Crippen LogP contribution in [0.15, 0.2) is 73.3 Å². The molecule has 0 bridgehead atoms. The fourth-order valence-electron chi connectivity index (χ4n) is 4.30. The summed E-state index contributed by atoms with van der Waals surface area (Å²) in [6.07, 6.45) is 8.30. The summed E-state index contributed by atoms with van der Waals surface area (Å²) in [6.45, 7) is 2.52. The van der Waals surface area contributed by atoms with Crippen molar-refractivity contribution in [3.8, 4) is 5.75 Å². The van der Waals surface area contributed by atoms with E-state index in [0.29, 0.717) is 25.2 Å². The predicted molar refractivity (Wildman–Crippen MR) is 129 cm³/mol. The van der Waals surface area contributed by atoms with Crippen molar-refractivity contribution >= 4 is 17.8 Å². The molecule has 1 N–H and O–H groups in total. The Morgan fingerprint density at radius 1 is 0.800 bits per heavy atom. The van der Waals surface area contributed by atoms with Gasteiger partial charge < -0.3 is 4.74 Å². The molecule has 4 rings (SSSR count). The summed E-state index contributed by atoms with van der Waals surface area (Å²) in [4.78, 5) is 49.1. The Morgan fingerprint density at radius 3 is 1.86 bits per heavy atom. The Labute approximate surface area is 204 Å². The van der Waals surface area contributed by atoms with E-state index in [4.69, 9.17) is 4.74 Å². The number of aromatic nitrogens is 2. The number of hydrogen-bond donors (Lipinski definition) is 1. The van der Waals surface area contributed by atoms with Crippen molar-refractivity contribution in [3.63, 3.8) is 0 Å². The van der Waals surface area contributed by atoms with Gasteiger partial charge in [-0.15, -0.1) is 0 Å². The van der Waals surface area contributed by atoms with Crippen LogP contribution in [0.3, 0.4) is 0 Å². The Bertz CT molecular complexity index is 1120. The average Bonchev–Trinajstić information content (AvgIpc) is 2.89. The predicted octanol–water partition coefficient (Wildman–Crippen LogP) is 3.71. The van der Waals surface area contributed by atoms with Crippen LogP contribution in [0.2, 0.25) is 0 Å². The molecule has 0 radical (unpaired) electrons. The SMILES string of the molecule is CCOc1ccc(CN2C(=O)NC(=O)C(CCc3ccncc3)(CCc3ccncc3)C2=O)cc1. The van der Waals surface area contributed by atoms with Crippen molar-refractivity contribution in [1.82, 2.24) is 20.2 Å². The number of pyridine rings is 2. The van der Waals surface area contributed by atoms with Crippen LogP contribution in [0.1, 0.15) is 36.5 Å². The molecule has 4 amide bonds. The number of hydrogen-bond acceptors (Lipinski definition) is 6. The van der Waals surface area contributed by atoms with Gasteiger partial charge in [-0.05, 0) is 85.7 Å². The Morgan fingerprint density at radius 2 is 1.34 bits per heavy atom. The first-order valence-corrected chi connectivity index (χ1v) is 11.7. The van der Waals surface area contributed by atoms with Crippen LogP contribution in [0.25, 0.3) is 0 Å². The Balaban J connectivity index is 1.60. The first kappa shape index (κ1) is 24.1. The van der Waals surface area contributed by atoms with E-state index in [1.165, 1.54) is 0 Å². The largest absolute Gasteiger partial charge is 0.494 e. The van der Waals surface area contributed by atoms with Gasteiger partial charge >= 0.3 is 6.03 Å². The monoisotopic (exact) mass is 472 g/mol. The first-order valence-electron chi connectivity index (χ1n) is 11.7. The van der Waals surface area contributed by atoms with Gasteiger partial charge in [0.15, 0.2) is 0 Å². The van der Waals surface area contributed by atoms with Crippen molar-refractivity contribution in [2.75, 3.05) is 6.61 Å². The molecule has 3 aromatic rings. The maximum atomic E-state index is 13.9. The summed E-state index contributed by atoms with van der Waals surface area (Å²) < 4.78 is 5.47. The van der Waals surface area contributed by atoms with Crippen LogP contribution < -0.4 is 10.1 Å². The zero-order valence-electron chi connectivity index (χ0n) is 19.6. The highest BCUT2D eigenvalue weighted by atomic mass is 16.5. The van der Waals surface area contributed by atoms with E-state index >= 15 is 0 Å². The molecule has 1 saturated heterocycles. The molecule has 35 heavy (non-hydrogen) atoms. The van der Waals surface area contributed by atoms with Crippen molar-refractivity contribution in [2.45, 2.75) is 39.2 Å². The van der Waals surface area contributed by atoms with Crippen LogP contribution in [-0.2, 0) is 29.0 Å². The average molecular weight is 473 g/mol. The molecule has 2 aromatic heterocycles. The zero-order valence-corrected chi connectivity index (χ0v) is 19.6. The molecule has 0 aliphatic carbocycles. The second kappa shape index (κ2) is 10.9. The van der Waals surface area contributed by atoms with E-state index in [1.54, 1.807) is 36.9 Å². The first-order chi connectivity index (χ1) is 17.0. The number of ether oxygens (including phenoxy) is 1. The topological polar surface area (TPSA) is 101 Å². The fourth-order valence-corrected chi connectivity index (χ4v) is 4.30. The molecule has 0 unspecified atom stereocenters. The van der Waals surface area contributed by atoms with Gasteiger partial charge in [-0.3, -0.25) is 29.8 Å². The minimum Gasteiger partial charge on any atom is -0.494 e. The van der Waals surface area contributed by atoms with Gasteiger partial charge in [-0.25, -0.2) is 4.79 Å². The molecule has 1 aliphatic heterocycles. The summed E-state index contributed by atoms with van der Waals surface area (Å²) >= 11 is 0.